The lowest BCUT2D eigenvalue weighted by Gasteiger charge is -2.24. The van der Waals surface area contributed by atoms with E-state index in [0.717, 1.165) is 15.4 Å². The number of hydrogen-bond donors (Lipinski definition) is 1. The third-order valence-electron chi connectivity index (χ3n) is 5.02. The number of methoxy groups -OCH3 is 2. The van der Waals surface area contributed by atoms with E-state index in [9.17, 15) is 13.2 Å². The van der Waals surface area contributed by atoms with Crippen LogP contribution in [-0.4, -0.2) is 41.3 Å². The van der Waals surface area contributed by atoms with Gasteiger partial charge in [0.25, 0.3) is 15.9 Å². The van der Waals surface area contributed by atoms with Crippen molar-refractivity contribution < 1.29 is 22.7 Å². The molecule has 0 heterocycles. The van der Waals surface area contributed by atoms with Crippen molar-refractivity contribution in [3.8, 4) is 11.5 Å². The third-order valence-corrected chi connectivity index (χ3v) is 6.80. The van der Waals surface area contributed by atoms with Crippen LogP contribution in [0.3, 0.4) is 0 Å². The number of amides is 1. The number of benzene rings is 3. The summed E-state index contributed by atoms with van der Waals surface area (Å²) in [5.74, 6) is 0.542. The summed E-state index contributed by atoms with van der Waals surface area (Å²) >= 11 is 0. The first-order valence-corrected chi connectivity index (χ1v) is 11.9. The lowest BCUT2D eigenvalue weighted by atomic mass is 10.2. The molecule has 8 nitrogen and oxygen atoms in total. The van der Waals surface area contributed by atoms with Crippen molar-refractivity contribution >= 4 is 27.8 Å². The molecular formula is C25H27N3O5S. The summed E-state index contributed by atoms with van der Waals surface area (Å²) in [6.45, 7) is 3.27. The molecule has 0 aliphatic rings. The maximum Gasteiger partial charge on any atom is 0.264 e. The Labute approximate surface area is 199 Å². The van der Waals surface area contributed by atoms with Crippen LogP contribution in [0.2, 0.25) is 0 Å². The standard InChI is InChI=1S/C25H27N3O5S/c1-18-8-11-23(12-9-18)34(30,31)28(21-7-5-6-19(2)14-21)17-25(29)27-26-16-20-15-22(32-3)10-13-24(20)33-4/h5-16H,17H2,1-4H3,(H,27,29)/b26-16-. The number of nitrogens with zero attached hydrogens (tertiary/aromatic N) is 2. The maximum absolute atomic E-state index is 13.4. The van der Waals surface area contributed by atoms with Crippen molar-refractivity contribution in [3.63, 3.8) is 0 Å². The fourth-order valence-electron chi connectivity index (χ4n) is 3.22. The summed E-state index contributed by atoms with van der Waals surface area (Å²) in [6, 6.07) is 18.6. The Morgan fingerprint density at radius 1 is 0.971 bits per heavy atom. The van der Waals surface area contributed by atoms with Crippen molar-refractivity contribution in [3.05, 3.63) is 83.4 Å². The van der Waals surface area contributed by atoms with Gasteiger partial charge in [-0.1, -0.05) is 29.8 Å². The number of aryl methyl sites for hydroxylation is 2. The van der Waals surface area contributed by atoms with Gasteiger partial charge in [0, 0.05) is 5.56 Å². The fourth-order valence-corrected chi connectivity index (χ4v) is 4.63. The highest BCUT2D eigenvalue weighted by atomic mass is 32.2. The number of ether oxygens (including phenoxy) is 2. The van der Waals surface area contributed by atoms with Crippen LogP contribution in [0.4, 0.5) is 5.69 Å². The highest BCUT2D eigenvalue weighted by Gasteiger charge is 2.27. The zero-order valence-electron chi connectivity index (χ0n) is 19.5. The Hall–Kier alpha value is -3.85. The molecule has 0 aromatic heterocycles. The van der Waals surface area contributed by atoms with Gasteiger partial charge in [-0.05, 0) is 61.9 Å². The van der Waals surface area contributed by atoms with Crippen LogP contribution in [0.25, 0.3) is 0 Å². The molecule has 0 bridgehead atoms. The van der Waals surface area contributed by atoms with Gasteiger partial charge < -0.3 is 9.47 Å². The Morgan fingerprint density at radius 2 is 1.71 bits per heavy atom. The normalized spacial score (nSPS) is 11.3. The molecule has 0 aliphatic carbocycles. The van der Waals surface area contributed by atoms with Gasteiger partial charge in [-0.3, -0.25) is 9.10 Å². The van der Waals surface area contributed by atoms with Crippen LogP contribution in [0, 0.1) is 13.8 Å². The number of sulfonamides is 1. The molecule has 0 atom stereocenters. The lowest BCUT2D eigenvalue weighted by molar-refractivity contribution is -0.119. The second-order valence-corrected chi connectivity index (χ2v) is 9.43. The molecule has 0 radical (unpaired) electrons. The second kappa shape index (κ2) is 10.8. The first kappa shape index (κ1) is 24.8. The molecular weight excluding hydrogens is 454 g/mol. The van der Waals surface area contributed by atoms with E-state index in [-0.39, 0.29) is 4.90 Å². The number of anilines is 1. The zero-order chi connectivity index (χ0) is 24.7. The van der Waals surface area contributed by atoms with E-state index in [1.54, 1.807) is 55.6 Å². The van der Waals surface area contributed by atoms with Crippen LogP contribution in [0.5, 0.6) is 11.5 Å². The van der Waals surface area contributed by atoms with Crippen LogP contribution in [-0.2, 0) is 14.8 Å². The summed E-state index contributed by atoms with van der Waals surface area (Å²) in [4.78, 5) is 12.8. The maximum atomic E-state index is 13.4. The highest BCUT2D eigenvalue weighted by Crippen LogP contribution is 2.25. The van der Waals surface area contributed by atoms with Crippen LogP contribution >= 0.6 is 0 Å². The minimum Gasteiger partial charge on any atom is -0.497 e. The number of hydrogen-bond acceptors (Lipinski definition) is 6. The Morgan fingerprint density at radius 3 is 2.35 bits per heavy atom. The number of hydrazone groups is 1. The van der Waals surface area contributed by atoms with Crippen molar-refractivity contribution in [2.24, 2.45) is 5.10 Å². The predicted octanol–water partition coefficient (Wildman–Crippen LogP) is 3.67. The zero-order valence-corrected chi connectivity index (χ0v) is 20.3. The van der Waals surface area contributed by atoms with Crippen LogP contribution < -0.4 is 19.2 Å². The molecule has 0 saturated heterocycles. The average Bonchev–Trinajstić information content (AvgIpc) is 2.82. The summed E-state index contributed by atoms with van der Waals surface area (Å²) in [5.41, 5.74) is 5.16. The van der Waals surface area contributed by atoms with Crippen molar-refractivity contribution in [1.82, 2.24) is 5.43 Å². The fraction of sp³-hybridized carbons (Fsp3) is 0.200. The quantitative estimate of drug-likeness (QED) is 0.372. The molecule has 1 N–H and O–H groups in total. The van der Waals surface area contributed by atoms with E-state index in [1.807, 2.05) is 19.9 Å². The van der Waals surface area contributed by atoms with Gasteiger partial charge in [-0.25, -0.2) is 13.8 Å². The SMILES string of the molecule is COc1ccc(OC)c(/C=N\NC(=O)CN(c2cccc(C)c2)S(=O)(=O)c2ccc(C)cc2)c1. The van der Waals surface area contributed by atoms with Gasteiger partial charge >= 0.3 is 0 Å². The van der Waals surface area contributed by atoms with Crippen molar-refractivity contribution in [2.45, 2.75) is 18.7 Å². The van der Waals surface area contributed by atoms with E-state index < -0.39 is 22.5 Å². The van der Waals surface area contributed by atoms with Gasteiger partial charge in [-0.2, -0.15) is 5.10 Å². The predicted molar refractivity (Wildman–Crippen MR) is 132 cm³/mol. The molecule has 0 aliphatic heterocycles. The van der Waals surface area contributed by atoms with Crippen LogP contribution in [0.1, 0.15) is 16.7 Å². The number of rotatable bonds is 9. The molecule has 0 fully saturated rings. The van der Waals surface area contributed by atoms with E-state index >= 15 is 0 Å². The minimum atomic E-state index is -4.00. The van der Waals surface area contributed by atoms with E-state index in [1.165, 1.54) is 25.5 Å². The number of carbonyl (C=O) groups is 1. The second-order valence-electron chi connectivity index (χ2n) is 7.56. The molecule has 34 heavy (non-hydrogen) atoms. The van der Waals surface area contributed by atoms with E-state index in [0.29, 0.717) is 22.7 Å². The van der Waals surface area contributed by atoms with Gasteiger partial charge in [0.15, 0.2) is 0 Å². The molecule has 9 heteroatoms. The molecule has 3 rings (SSSR count). The van der Waals surface area contributed by atoms with Gasteiger partial charge in [0.05, 0.1) is 31.0 Å². The lowest BCUT2D eigenvalue weighted by Crippen LogP contribution is -2.39. The Bertz CT molecular complexity index is 1290. The molecule has 0 saturated carbocycles. The first-order valence-electron chi connectivity index (χ1n) is 10.4. The molecule has 178 valence electrons. The molecule has 0 spiro atoms. The molecule has 3 aromatic rings. The topological polar surface area (TPSA) is 97.3 Å². The monoisotopic (exact) mass is 481 g/mol. The summed E-state index contributed by atoms with van der Waals surface area (Å²) in [7, 11) is -0.934. The first-order chi connectivity index (χ1) is 16.2. The Kier molecular flexibility index (Phi) is 7.91. The molecule has 1 amide bonds. The van der Waals surface area contributed by atoms with E-state index in [4.69, 9.17) is 9.47 Å². The summed E-state index contributed by atoms with van der Waals surface area (Å²) in [6.07, 6.45) is 1.41. The van der Waals surface area contributed by atoms with Gasteiger partial charge in [-0.15, -0.1) is 0 Å². The third kappa shape index (κ3) is 5.93. The largest absolute Gasteiger partial charge is 0.497 e. The van der Waals surface area contributed by atoms with E-state index in [2.05, 4.69) is 10.5 Å². The minimum absolute atomic E-state index is 0.0945. The summed E-state index contributed by atoms with van der Waals surface area (Å²) in [5, 5.41) is 3.97. The molecule has 0 unspecified atom stereocenters. The van der Waals surface area contributed by atoms with Crippen LogP contribution in [0.15, 0.2) is 76.7 Å². The highest BCUT2D eigenvalue weighted by molar-refractivity contribution is 7.92. The number of nitrogens with one attached hydrogen (secondary N) is 1. The van der Waals surface area contributed by atoms with Gasteiger partial charge in [0.2, 0.25) is 0 Å². The Balaban J connectivity index is 1.85. The number of carbonyl (C=O) groups excluding carboxylic acids is 1. The summed E-state index contributed by atoms with van der Waals surface area (Å²) < 4.78 is 38.4. The smallest absolute Gasteiger partial charge is 0.264 e. The van der Waals surface area contributed by atoms with Crippen molar-refractivity contribution in [2.75, 3.05) is 25.1 Å². The van der Waals surface area contributed by atoms with Gasteiger partial charge in [0.1, 0.15) is 18.0 Å². The van der Waals surface area contributed by atoms with Crippen molar-refractivity contribution in [1.29, 1.82) is 0 Å². The molecule has 3 aromatic carbocycles. The average molecular weight is 482 g/mol.